The van der Waals surface area contributed by atoms with Crippen molar-refractivity contribution in [2.24, 2.45) is 5.92 Å². The van der Waals surface area contributed by atoms with Gasteiger partial charge in [-0.25, -0.2) is 8.42 Å². The van der Waals surface area contributed by atoms with Crippen LogP contribution in [0.25, 0.3) is 0 Å². The van der Waals surface area contributed by atoms with Gasteiger partial charge in [0.1, 0.15) is 0 Å². The molecule has 1 aliphatic carbocycles. The van der Waals surface area contributed by atoms with E-state index < -0.39 is 9.84 Å². The molecule has 21 heavy (non-hydrogen) atoms. The average molecular weight is 310 g/mol. The van der Waals surface area contributed by atoms with Crippen LogP contribution in [0, 0.1) is 5.92 Å². The van der Waals surface area contributed by atoms with Crippen LogP contribution in [0.3, 0.4) is 0 Å². The van der Waals surface area contributed by atoms with Gasteiger partial charge in [0.25, 0.3) is 0 Å². The van der Waals surface area contributed by atoms with Crippen molar-refractivity contribution >= 4 is 21.2 Å². The highest BCUT2D eigenvalue weighted by atomic mass is 32.2. The molecule has 5 heteroatoms. The minimum atomic E-state index is -3.28. The van der Waals surface area contributed by atoms with E-state index in [0.717, 1.165) is 24.4 Å². The van der Waals surface area contributed by atoms with E-state index in [9.17, 15) is 8.42 Å². The van der Waals surface area contributed by atoms with Crippen LogP contribution >= 0.6 is 0 Å². The zero-order valence-corrected chi connectivity index (χ0v) is 13.7. The Hall–Kier alpha value is -1.23. The maximum absolute atomic E-state index is 11.7. The fourth-order valence-corrected chi connectivity index (χ4v) is 4.05. The number of hydrogen-bond acceptors (Lipinski definition) is 4. The van der Waals surface area contributed by atoms with Gasteiger partial charge >= 0.3 is 0 Å². The Morgan fingerprint density at radius 3 is 2.48 bits per heavy atom. The summed E-state index contributed by atoms with van der Waals surface area (Å²) in [5, 5.41) is 3.43. The minimum absolute atomic E-state index is 0.215. The quantitative estimate of drug-likeness (QED) is 0.817. The fourth-order valence-electron chi connectivity index (χ4n) is 3.22. The zero-order chi connectivity index (χ0) is 15.5. The maximum atomic E-state index is 11.7. The summed E-state index contributed by atoms with van der Waals surface area (Å²) in [5.74, 6) is 0.854. The molecule has 0 aromatic heterocycles. The van der Waals surface area contributed by atoms with Crippen LogP contribution in [0.15, 0.2) is 23.1 Å². The van der Waals surface area contributed by atoms with Gasteiger partial charge in [-0.2, -0.15) is 0 Å². The molecule has 1 aromatic carbocycles. The molecule has 0 atom stereocenters. The Labute approximate surface area is 128 Å². The molecule has 0 saturated heterocycles. The molecule has 0 heterocycles. The molecule has 1 aromatic rings. The molecular weight excluding hydrogens is 284 g/mol. The van der Waals surface area contributed by atoms with E-state index in [1.807, 2.05) is 6.07 Å². The van der Waals surface area contributed by atoms with E-state index in [0.29, 0.717) is 11.7 Å². The molecule has 2 rings (SSSR count). The lowest BCUT2D eigenvalue weighted by Crippen LogP contribution is -2.26. The highest BCUT2D eigenvalue weighted by molar-refractivity contribution is 7.90. The van der Waals surface area contributed by atoms with E-state index in [2.05, 4.69) is 12.2 Å². The van der Waals surface area contributed by atoms with Crippen molar-refractivity contribution in [3.8, 4) is 0 Å². The van der Waals surface area contributed by atoms with Gasteiger partial charge in [0.05, 0.1) is 16.3 Å². The van der Waals surface area contributed by atoms with Gasteiger partial charge in [0, 0.05) is 12.3 Å². The summed E-state index contributed by atoms with van der Waals surface area (Å²) >= 11 is 0. The third-order valence-corrected chi connectivity index (χ3v) is 5.52. The van der Waals surface area contributed by atoms with E-state index in [1.54, 1.807) is 12.1 Å². The summed E-state index contributed by atoms with van der Waals surface area (Å²) in [6, 6.07) is 5.57. The first-order chi connectivity index (χ1) is 9.91. The number of nitrogens with two attached hydrogens (primary N) is 1. The van der Waals surface area contributed by atoms with Gasteiger partial charge in [0.2, 0.25) is 0 Å². The number of benzene rings is 1. The molecule has 0 amide bonds. The van der Waals surface area contributed by atoms with E-state index in [1.165, 1.54) is 31.9 Å². The first-order valence-corrected chi connectivity index (χ1v) is 9.66. The molecule has 0 spiro atoms. The van der Waals surface area contributed by atoms with Crippen LogP contribution in [-0.2, 0) is 9.84 Å². The van der Waals surface area contributed by atoms with Crippen LogP contribution in [0.4, 0.5) is 11.4 Å². The van der Waals surface area contributed by atoms with E-state index in [-0.39, 0.29) is 4.90 Å². The van der Waals surface area contributed by atoms with Gasteiger partial charge in [-0.05, 0) is 43.7 Å². The molecule has 0 bridgehead atoms. The predicted octanol–water partition coefficient (Wildman–Crippen LogP) is 3.44. The van der Waals surface area contributed by atoms with Gasteiger partial charge in [-0.1, -0.05) is 25.8 Å². The number of hydrogen-bond donors (Lipinski definition) is 2. The van der Waals surface area contributed by atoms with Crippen molar-refractivity contribution in [1.29, 1.82) is 0 Å². The molecule has 1 saturated carbocycles. The SMILES string of the molecule is CCCC1CCC(Nc2cccc(S(C)(=O)=O)c2N)CC1. The van der Waals surface area contributed by atoms with Gasteiger partial charge in [-0.3, -0.25) is 0 Å². The van der Waals surface area contributed by atoms with Crippen molar-refractivity contribution in [3.05, 3.63) is 18.2 Å². The summed E-state index contributed by atoms with van der Waals surface area (Å²) in [6.45, 7) is 2.24. The Kier molecular flexibility index (Phi) is 5.14. The molecule has 0 radical (unpaired) electrons. The third-order valence-electron chi connectivity index (χ3n) is 4.37. The Morgan fingerprint density at radius 2 is 1.90 bits per heavy atom. The topological polar surface area (TPSA) is 72.2 Å². The van der Waals surface area contributed by atoms with Crippen LogP contribution in [0.2, 0.25) is 0 Å². The summed E-state index contributed by atoms with van der Waals surface area (Å²) < 4.78 is 23.4. The summed E-state index contributed by atoms with van der Waals surface area (Å²) in [5.41, 5.74) is 7.11. The molecule has 4 nitrogen and oxygen atoms in total. The highest BCUT2D eigenvalue weighted by Gasteiger charge is 2.22. The maximum Gasteiger partial charge on any atom is 0.177 e. The molecule has 118 valence electrons. The van der Waals surface area contributed by atoms with Crippen molar-refractivity contribution < 1.29 is 8.42 Å². The number of para-hydroxylation sites is 1. The molecule has 0 unspecified atom stereocenters. The summed E-state index contributed by atoms with van der Waals surface area (Å²) in [4.78, 5) is 0.215. The number of anilines is 2. The van der Waals surface area contributed by atoms with Crippen molar-refractivity contribution in [3.63, 3.8) is 0 Å². The molecule has 3 N–H and O–H groups in total. The highest BCUT2D eigenvalue weighted by Crippen LogP contribution is 2.32. The van der Waals surface area contributed by atoms with Crippen molar-refractivity contribution in [2.45, 2.75) is 56.4 Å². The van der Waals surface area contributed by atoms with Crippen LogP contribution in [0.1, 0.15) is 45.4 Å². The summed E-state index contributed by atoms with van der Waals surface area (Å²) in [7, 11) is -3.28. The average Bonchev–Trinajstić information content (AvgIpc) is 2.42. The second-order valence-electron chi connectivity index (χ2n) is 6.14. The molecule has 1 aliphatic rings. The molecule has 0 aliphatic heterocycles. The Balaban J connectivity index is 2.05. The summed E-state index contributed by atoms with van der Waals surface area (Å²) in [6.07, 6.45) is 8.53. The van der Waals surface area contributed by atoms with Crippen LogP contribution < -0.4 is 11.1 Å². The minimum Gasteiger partial charge on any atom is -0.396 e. The number of nitrogens with one attached hydrogen (secondary N) is 1. The number of nitrogen functional groups attached to an aromatic ring is 1. The Morgan fingerprint density at radius 1 is 1.24 bits per heavy atom. The van der Waals surface area contributed by atoms with Crippen LogP contribution in [0.5, 0.6) is 0 Å². The van der Waals surface area contributed by atoms with E-state index >= 15 is 0 Å². The second-order valence-corrected chi connectivity index (χ2v) is 8.12. The smallest absolute Gasteiger partial charge is 0.177 e. The third kappa shape index (κ3) is 4.13. The largest absolute Gasteiger partial charge is 0.396 e. The number of rotatable bonds is 5. The first-order valence-electron chi connectivity index (χ1n) is 7.77. The predicted molar refractivity (Wildman–Crippen MR) is 88.2 cm³/mol. The lowest BCUT2D eigenvalue weighted by Gasteiger charge is -2.30. The number of sulfone groups is 1. The fraction of sp³-hybridized carbons (Fsp3) is 0.625. The second kappa shape index (κ2) is 6.69. The van der Waals surface area contributed by atoms with E-state index in [4.69, 9.17) is 5.73 Å². The van der Waals surface area contributed by atoms with Gasteiger partial charge < -0.3 is 11.1 Å². The van der Waals surface area contributed by atoms with Gasteiger partial charge in [-0.15, -0.1) is 0 Å². The van der Waals surface area contributed by atoms with Crippen LogP contribution in [-0.4, -0.2) is 20.7 Å². The monoisotopic (exact) mass is 310 g/mol. The zero-order valence-electron chi connectivity index (χ0n) is 12.9. The lowest BCUT2D eigenvalue weighted by molar-refractivity contribution is 0.319. The van der Waals surface area contributed by atoms with Crippen molar-refractivity contribution in [1.82, 2.24) is 0 Å². The van der Waals surface area contributed by atoms with Gasteiger partial charge in [0.15, 0.2) is 9.84 Å². The Bertz CT molecular complexity index is 576. The normalized spacial score (nSPS) is 23.0. The standard InChI is InChI=1S/C16H26N2O2S/c1-3-5-12-8-10-13(11-9-12)18-14-6-4-7-15(16(14)17)21(2,19)20/h4,6-7,12-13,18H,3,5,8-11,17H2,1-2H3. The molecular formula is C16H26N2O2S. The molecule has 1 fully saturated rings. The lowest BCUT2D eigenvalue weighted by atomic mass is 9.83. The first kappa shape index (κ1) is 16.1. The van der Waals surface area contributed by atoms with Crippen molar-refractivity contribution in [2.75, 3.05) is 17.3 Å².